The zero-order valence-corrected chi connectivity index (χ0v) is 44.0. The molecule has 0 rings (SSSR count). The van der Waals surface area contributed by atoms with Crippen LogP contribution in [0.2, 0.25) is 0 Å². The first-order valence-electron chi connectivity index (χ1n) is 28.3. The lowest BCUT2D eigenvalue weighted by Gasteiger charge is -2.23. The van der Waals surface area contributed by atoms with Crippen LogP contribution in [0.5, 0.6) is 0 Å². The standard InChI is InChI=1S/C61H107NO5/c1-4-7-10-13-16-19-22-25-28-30-32-34-37-40-43-46-49-52-57(67-61(66)54-51-48-45-42-39-36-33-31-29-26-23-20-17-14-11-8-5-2)55-60(65)62-58(56-63)59(64)53-50-47-44-41-38-35-27-24-21-18-15-12-9-6-3/h7,10,16,19,25-26,28-29,32,34,40,43,49,52,57-59,63-64H,4-6,8-9,11-15,17-18,20-24,27,30-31,33,35-39,41-42,44-48,50-51,53-56H2,1-3H3,(H,62,65)/b10-7-,19-16-,28-25-,29-26+,34-32-,43-40-,52-49-. The van der Waals surface area contributed by atoms with Gasteiger partial charge in [0.05, 0.1) is 25.2 Å². The van der Waals surface area contributed by atoms with Gasteiger partial charge in [-0.05, 0) is 83.1 Å². The summed E-state index contributed by atoms with van der Waals surface area (Å²) in [5, 5.41) is 23.8. The Kier molecular flexibility index (Phi) is 51.6. The fraction of sp³-hybridized carbons (Fsp3) is 0.738. The van der Waals surface area contributed by atoms with Gasteiger partial charge in [0.1, 0.15) is 6.10 Å². The van der Waals surface area contributed by atoms with Crippen molar-refractivity contribution in [1.82, 2.24) is 5.32 Å². The van der Waals surface area contributed by atoms with Crippen molar-refractivity contribution in [3.05, 3.63) is 85.1 Å². The van der Waals surface area contributed by atoms with E-state index >= 15 is 0 Å². The van der Waals surface area contributed by atoms with Gasteiger partial charge in [-0.15, -0.1) is 0 Å². The lowest BCUT2D eigenvalue weighted by Crippen LogP contribution is -2.46. The van der Waals surface area contributed by atoms with Crippen LogP contribution in [-0.2, 0) is 14.3 Å². The van der Waals surface area contributed by atoms with Crippen LogP contribution >= 0.6 is 0 Å². The highest BCUT2D eigenvalue weighted by atomic mass is 16.5. The minimum Gasteiger partial charge on any atom is -0.458 e. The molecule has 0 aromatic carbocycles. The molecule has 1 amide bonds. The average Bonchev–Trinajstić information content (AvgIpc) is 3.32. The molecule has 0 aromatic heterocycles. The van der Waals surface area contributed by atoms with E-state index in [-0.39, 0.29) is 24.9 Å². The number of aliphatic hydroxyl groups excluding tert-OH is 2. The van der Waals surface area contributed by atoms with E-state index in [1.54, 1.807) is 6.08 Å². The zero-order chi connectivity index (χ0) is 48.8. The minimum absolute atomic E-state index is 0.0514. The van der Waals surface area contributed by atoms with Crippen molar-refractivity contribution in [2.24, 2.45) is 0 Å². The zero-order valence-electron chi connectivity index (χ0n) is 44.0. The Morgan fingerprint density at radius 3 is 1.25 bits per heavy atom. The summed E-state index contributed by atoms with van der Waals surface area (Å²) >= 11 is 0. The third-order valence-corrected chi connectivity index (χ3v) is 12.5. The van der Waals surface area contributed by atoms with E-state index in [0.717, 1.165) is 70.6 Å². The van der Waals surface area contributed by atoms with Crippen LogP contribution in [0.15, 0.2) is 85.1 Å². The van der Waals surface area contributed by atoms with Crippen LogP contribution in [0.4, 0.5) is 0 Å². The number of esters is 1. The number of rotatable bonds is 50. The van der Waals surface area contributed by atoms with Crippen molar-refractivity contribution in [3.8, 4) is 0 Å². The number of carbonyl (C=O) groups is 2. The summed E-state index contributed by atoms with van der Waals surface area (Å²) in [6.07, 6.45) is 71.0. The molecule has 0 saturated heterocycles. The number of nitrogens with one attached hydrogen (secondary N) is 1. The highest BCUT2D eigenvalue weighted by Crippen LogP contribution is 2.16. The molecule has 0 fully saturated rings. The van der Waals surface area contributed by atoms with E-state index in [2.05, 4.69) is 99.0 Å². The van der Waals surface area contributed by atoms with Gasteiger partial charge >= 0.3 is 5.97 Å². The van der Waals surface area contributed by atoms with Gasteiger partial charge in [0.15, 0.2) is 0 Å². The largest absolute Gasteiger partial charge is 0.458 e. The monoisotopic (exact) mass is 934 g/mol. The number of hydrogen-bond donors (Lipinski definition) is 3. The Morgan fingerprint density at radius 2 is 0.836 bits per heavy atom. The smallest absolute Gasteiger partial charge is 0.306 e. The summed E-state index contributed by atoms with van der Waals surface area (Å²) in [7, 11) is 0. The SMILES string of the molecule is CC/C=C\C/C=C\C/C=C\C/C=C\C/C=C\C/C=C\C(CC(=O)NC(CO)C(O)CCCCCCCCCCCCCCCC)OC(=O)CCCCCCCCC/C=C/CCCCCCCC. The van der Waals surface area contributed by atoms with E-state index in [4.69, 9.17) is 4.74 Å². The average molecular weight is 935 g/mol. The Labute approximate surface area is 414 Å². The molecular formula is C61H107NO5. The molecule has 0 radical (unpaired) electrons. The Bertz CT molecular complexity index is 1280. The third kappa shape index (κ3) is 49.3. The van der Waals surface area contributed by atoms with Crippen LogP contribution < -0.4 is 5.32 Å². The second kappa shape index (κ2) is 54.0. The Balaban J connectivity index is 4.74. The number of ether oxygens (including phenoxy) is 1. The molecule has 6 nitrogen and oxygen atoms in total. The van der Waals surface area contributed by atoms with Gasteiger partial charge in [0, 0.05) is 6.42 Å². The molecular weight excluding hydrogens is 827 g/mol. The summed E-state index contributed by atoms with van der Waals surface area (Å²) in [5.74, 6) is -0.633. The minimum atomic E-state index is -0.824. The summed E-state index contributed by atoms with van der Waals surface area (Å²) in [4.78, 5) is 26.2. The summed E-state index contributed by atoms with van der Waals surface area (Å²) in [6.45, 7) is 6.34. The van der Waals surface area contributed by atoms with E-state index < -0.39 is 18.2 Å². The first-order chi connectivity index (χ1) is 33.0. The van der Waals surface area contributed by atoms with Crippen molar-refractivity contribution in [2.45, 2.75) is 283 Å². The number of hydrogen-bond acceptors (Lipinski definition) is 5. The van der Waals surface area contributed by atoms with E-state index in [9.17, 15) is 19.8 Å². The Hall–Kier alpha value is -2.96. The molecule has 0 aromatic rings. The molecule has 0 aliphatic rings. The second-order valence-corrected chi connectivity index (χ2v) is 19.0. The summed E-state index contributed by atoms with van der Waals surface area (Å²) < 4.78 is 5.84. The number of allylic oxidation sites excluding steroid dienone is 13. The van der Waals surface area contributed by atoms with Crippen molar-refractivity contribution in [3.63, 3.8) is 0 Å². The van der Waals surface area contributed by atoms with Gasteiger partial charge in [0.2, 0.25) is 5.91 Å². The van der Waals surface area contributed by atoms with Crippen LogP contribution in [0, 0.1) is 0 Å². The number of amides is 1. The fourth-order valence-electron chi connectivity index (χ4n) is 8.19. The quantitative estimate of drug-likeness (QED) is 0.0321. The highest BCUT2D eigenvalue weighted by molar-refractivity contribution is 5.78. The van der Waals surface area contributed by atoms with Crippen LogP contribution in [0.1, 0.15) is 265 Å². The van der Waals surface area contributed by atoms with Crippen molar-refractivity contribution in [1.29, 1.82) is 0 Å². The molecule has 3 atom stereocenters. The number of carbonyl (C=O) groups excluding carboxylic acids is 2. The van der Waals surface area contributed by atoms with Gasteiger partial charge in [-0.25, -0.2) is 0 Å². The van der Waals surface area contributed by atoms with Gasteiger partial charge < -0.3 is 20.3 Å². The molecule has 67 heavy (non-hydrogen) atoms. The maximum absolute atomic E-state index is 13.2. The number of aliphatic hydroxyl groups is 2. The van der Waals surface area contributed by atoms with Gasteiger partial charge in [0.25, 0.3) is 0 Å². The van der Waals surface area contributed by atoms with Crippen molar-refractivity contribution >= 4 is 11.9 Å². The van der Waals surface area contributed by atoms with Crippen LogP contribution in [0.3, 0.4) is 0 Å². The van der Waals surface area contributed by atoms with E-state index in [1.165, 1.54) is 148 Å². The highest BCUT2D eigenvalue weighted by Gasteiger charge is 2.23. The maximum atomic E-state index is 13.2. The first kappa shape index (κ1) is 64.0. The molecule has 0 spiro atoms. The van der Waals surface area contributed by atoms with Crippen molar-refractivity contribution < 1.29 is 24.5 Å². The fourth-order valence-corrected chi connectivity index (χ4v) is 8.19. The van der Waals surface area contributed by atoms with Crippen molar-refractivity contribution in [2.75, 3.05) is 6.61 Å². The molecule has 0 bridgehead atoms. The van der Waals surface area contributed by atoms with Gasteiger partial charge in [-0.3, -0.25) is 9.59 Å². The Morgan fingerprint density at radius 1 is 0.463 bits per heavy atom. The van der Waals surface area contributed by atoms with Crippen LogP contribution in [0.25, 0.3) is 0 Å². The molecule has 0 aliphatic carbocycles. The molecule has 6 heteroatoms. The normalized spacial score (nSPS) is 13.8. The predicted octanol–water partition coefficient (Wildman–Crippen LogP) is 17.5. The van der Waals surface area contributed by atoms with E-state index in [1.807, 2.05) is 6.08 Å². The molecule has 3 unspecified atom stereocenters. The third-order valence-electron chi connectivity index (χ3n) is 12.5. The molecule has 0 aliphatic heterocycles. The van der Waals surface area contributed by atoms with Gasteiger partial charge in [-0.1, -0.05) is 254 Å². The predicted molar refractivity (Wildman–Crippen MR) is 291 cm³/mol. The molecule has 0 heterocycles. The number of unbranched alkanes of at least 4 members (excludes halogenated alkanes) is 26. The van der Waals surface area contributed by atoms with E-state index in [0.29, 0.717) is 19.3 Å². The maximum Gasteiger partial charge on any atom is 0.306 e. The molecule has 3 N–H and O–H groups in total. The molecule has 386 valence electrons. The lowest BCUT2D eigenvalue weighted by molar-refractivity contribution is -0.148. The summed E-state index contributed by atoms with van der Waals surface area (Å²) in [5.41, 5.74) is 0. The second-order valence-electron chi connectivity index (χ2n) is 19.0. The first-order valence-corrected chi connectivity index (χ1v) is 28.3. The lowest BCUT2D eigenvalue weighted by atomic mass is 10.0. The summed E-state index contributed by atoms with van der Waals surface area (Å²) in [6, 6.07) is -0.748. The van der Waals surface area contributed by atoms with Crippen LogP contribution in [-0.4, -0.2) is 46.9 Å². The van der Waals surface area contributed by atoms with Gasteiger partial charge in [-0.2, -0.15) is 0 Å². The topological polar surface area (TPSA) is 95.9 Å². The molecule has 0 saturated carbocycles.